The number of primary amides is 1. The molecule has 11 heteroatoms. The van der Waals surface area contributed by atoms with Gasteiger partial charge in [0.05, 0.1) is 17.5 Å². The summed E-state index contributed by atoms with van der Waals surface area (Å²) in [6.07, 6.45) is 0.249. The summed E-state index contributed by atoms with van der Waals surface area (Å²) in [6.45, 7) is 4.18. The van der Waals surface area contributed by atoms with Gasteiger partial charge in [0, 0.05) is 43.9 Å². The highest BCUT2D eigenvalue weighted by atomic mass is 16.3. The number of phenols is 1. The second kappa shape index (κ2) is 9.55. The topological polar surface area (TPSA) is 170 Å². The van der Waals surface area contributed by atoms with E-state index in [0.29, 0.717) is 16.8 Å². The predicted octanol–water partition coefficient (Wildman–Crippen LogP) is -0.569. The zero-order chi connectivity index (χ0) is 28.4. The SMILES string of the molecule is CC(C)NCc1cc(N(C)C)c2c(c1O)C(=O)C1C(=O)[C@]3(O)C(=O)C(C(N)=O)C(=O)[C@H](N(C)C)[C@@H]3C[C@@H]1C2. The van der Waals surface area contributed by atoms with E-state index in [0.717, 1.165) is 0 Å². The molecule has 0 radical (unpaired) electrons. The lowest BCUT2D eigenvalue weighted by Gasteiger charge is -2.52. The van der Waals surface area contributed by atoms with E-state index in [-0.39, 0.29) is 36.7 Å². The van der Waals surface area contributed by atoms with E-state index in [1.54, 1.807) is 14.1 Å². The first-order chi connectivity index (χ1) is 17.6. The minimum atomic E-state index is -2.73. The van der Waals surface area contributed by atoms with Gasteiger partial charge in [-0.05, 0) is 44.5 Å². The zero-order valence-corrected chi connectivity index (χ0v) is 22.6. The number of aliphatic hydroxyl groups is 1. The van der Waals surface area contributed by atoms with E-state index in [9.17, 15) is 34.2 Å². The quantitative estimate of drug-likeness (QED) is 0.351. The lowest BCUT2D eigenvalue weighted by molar-refractivity contribution is -0.181. The molecular weight excluding hydrogens is 492 g/mol. The molecule has 1 aromatic rings. The third kappa shape index (κ3) is 3.95. The van der Waals surface area contributed by atoms with Gasteiger partial charge in [0.25, 0.3) is 0 Å². The lowest BCUT2D eigenvalue weighted by atomic mass is 9.52. The number of hydrogen-bond donors (Lipinski definition) is 4. The highest BCUT2D eigenvalue weighted by Crippen LogP contribution is 2.52. The molecule has 1 aromatic carbocycles. The Balaban J connectivity index is 1.87. The Kier molecular flexibility index (Phi) is 7.00. The van der Waals surface area contributed by atoms with Gasteiger partial charge in [0.15, 0.2) is 34.7 Å². The van der Waals surface area contributed by atoms with Crippen LogP contribution in [-0.4, -0.2) is 90.0 Å². The number of carbonyl (C=O) groups excluding carboxylic acids is 5. The number of carbonyl (C=O) groups is 5. The second-order valence-electron chi connectivity index (χ2n) is 11.5. The van der Waals surface area contributed by atoms with Crippen molar-refractivity contribution in [3.63, 3.8) is 0 Å². The Labute approximate surface area is 221 Å². The molecule has 206 valence electrons. The highest BCUT2D eigenvalue weighted by molar-refractivity contribution is 6.32. The van der Waals surface area contributed by atoms with Crippen LogP contribution in [0.15, 0.2) is 6.07 Å². The number of Topliss-reactive ketones (excluding diaryl/α,β-unsaturated/α-hetero) is 4. The highest BCUT2D eigenvalue weighted by Gasteiger charge is 2.69. The van der Waals surface area contributed by atoms with Gasteiger partial charge in [0.2, 0.25) is 5.91 Å². The molecule has 0 saturated heterocycles. The molecule has 3 aliphatic carbocycles. The van der Waals surface area contributed by atoms with Crippen molar-refractivity contribution in [1.29, 1.82) is 0 Å². The summed E-state index contributed by atoms with van der Waals surface area (Å²) in [5.41, 5.74) is 4.41. The van der Waals surface area contributed by atoms with E-state index in [4.69, 9.17) is 5.73 Å². The number of anilines is 1. The number of fused-ring (bicyclic) bond motifs is 3. The van der Waals surface area contributed by atoms with Gasteiger partial charge in [0.1, 0.15) is 5.75 Å². The molecule has 2 fully saturated rings. The van der Waals surface area contributed by atoms with E-state index in [1.165, 1.54) is 4.90 Å². The van der Waals surface area contributed by atoms with Crippen molar-refractivity contribution >= 4 is 34.7 Å². The van der Waals surface area contributed by atoms with Crippen molar-refractivity contribution in [3.05, 3.63) is 22.8 Å². The normalized spacial score (nSPS) is 30.8. The predicted molar refractivity (Wildman–Crippen MR) is 138 cm³/mol. The van der Waals surface area contributed by atoms with Crippen molar-refractivity contribution in [2.75, 3.05) is 33.1 Å². The number of benzene rings is 1. The van der Waals surface area contributed by atoms with Crippen LogP contribution in [0.3, 0.4) is 0 Å². The number of nitrogens with one attached hydrogen (secondary N) is 1. The number of nitrogens with zero attached hydrogens (tertiary/aromatic N) is 2. The fourth-order valence-corrected chi connectivity index (χ4v) is 6.55. The molecule has 5 N–H and O–H groups in total. The molecule has 6 atom stereocenters. The van der Waals surface area contributed by atoms with Gasteiger partial charge in [-0.2, -0.15) is 0 Å². The molecule has 0 spiro atoms. The summed E-state index contributed by atoms with van der Waals surface area (Å²) in [5, 5.41) is 26.1. The van der Waals surface area contributed by atoms with Crippen LogP contribution in [0.5, 0.6) is 5.75 Å². The van der Waals surface area contributed by atoms with E-state index in [2.05, 4.69) is 5.32 Å². The van der Waals surface area contributed by atoms with E-state index in [1.807, 2.05) is 38.9 Å². The molecule has 0 bridgehead atoms. The van der Waals surface area contributed by atoms with Crippen molar-refractivity contribution in [1.82, 2.24) is 10.2 Å². The van der Waals surface area contributed by atoms with Crippen LogP contribution >= 0.6 is 0 Å². The second-order valence-corrected chi connectivity index (χ2v) is 11.5. The zero-order valence-electron chi connectivity index (χ0n) is 22.6. The van der Waals surface area contributed by atoms with E-state index >= 15 is 0 Å². The first-order valence-electron chi connectivity index (χ1n) is 12.8. The smallest absolute Gasteiger partial charge is 0.235 e. The summed E-state index contributed by atoms with van der Waals surface area (Å²) in [6, 6.07) is 0.802. The molecule has 0 heterocycles. The molecule has 2 unspecified atom stereocenters. The number of ketones is 4. The Bertz CT molecular complexity index is 1240. The number of rotatable bonds is 6. The number of nitrogens with two attached hydrogens (primary N) is 1. The minimum Gasteiger partial charge on any atom is -0.507 e. The standard InChI is InChI=1S/C27H36N4O7/c1-11(2)29-10-13-9-16(30(3)4)14-7-12-8-15-20(31(5)6)23(34)19(26(28)37)25(36)27(15,38)24(35)17(12)22(33)18(14)21(13)32/h9,11-12,15,17,19-20,29,32,38H,7-8,10H2,1-6H3,(H2,28,37)/t12-,15-,17?,19?,20+,27-/m0/s1. The summed E-state index contributed by atoms with van der Waals surface area (Å²) in [4.78, 5) is 69.8. The van der Waals surface area contributed by atoms with E-state index < -0.39 is 64.4 Å². The molecule has 0 aliphatic heterocycles. The van der Waals surface area contributed by atoms with Crippen molar-refractivity contribution in [2.45, 2.75) is 50.9 Å². The van der Waals surface area contributed by atoms with Gasteiger partial charge in [-0.25, -0.2) is 0 Å². The number of aromatic hydroxyl groups is 1. The third-order valence-electron chi connectivity index (χ3n) is 8.30. The molecule has 38 heavy (non-hydrogen) atoms. The monoisotopic (exact) mass is 528 g/mol. The maximum atomic E-state index is 14.0. The fourth-order valence-electron chi connectivity index (χ4n) is 6.55. The average Bonchev–Trinajstić information content (AvgIpc) is 2.80. The first-order valence-corrected chi connectivity index (χ1v) is 12.8. The van der Waals surface area contributed by atoms with Crippen molar-refractivity contribution in [3.8, 4) is 5.75 Å². The largest absolute Gasteiger partial charge is 0.507 e. The Hall–Kier alpha value is -3.15. The number of likely N-dealkylation sites (N-methyl/N-ethyl adjacent to an activating group) is 1. The van der Waals surface area contributed by atoms with Crippen LogP contribution in [0.4, 0.5) is 5.69 Å². The Morgan fingerprint density at radius 3 is 2.32 bits per heavy atom. The fraction of sp³-hybridized carbons (Fsp3) is 0.593. The van der Waals surface area contributed by atoms with Gasteiger partial charge < -0.3 is 26.2 Å². The van der Waals surface area contributed by atoms with Crippen molar-refractivity contribution < 1.29 is 34.2 Å². The van der Waals surface area contributed by atoms with Crippen LogP contribution in [0.1, 0.15) is 41.8 Å². The Morgan fingerprint density at radius 2 is 1.79 bits per heavy atom. The molecule has 2 saturated carbocycles. The maximum absolute atomic E-state index is 14.0. The van der Waals surface area contributed by atoms with Gasteiger partial charge in [-0.1, -0.05) is 13.8 Å². The summed E-state index contributed by atoms with van der Waals surface area (Å²) in [5.74, 6) is -10.4. The third-order valence-corrected chi connectivity index (χ3v) is 8.30. The number of phenolic OH excluding ortho intramolecular Hbond substituents is 1. The Morgan fingerprint density at radius 1 is 1.16 bits per heavy atom. The molecular formula is C27H36N4O7. The maximum Gasteiger partial charge on any atom is 0.235 e. The van der Waals surface area contributed by atoms with Crippen LogP contribution in [0.25, 0.3) is 0 Å². The first kappa shape index (κ1) is 27.9. The lowest BCUT2D eigenvalue weighted by Crippen LogP contribution is -2.74. The van der Waals surface area contributed by atoms with Gasteiger partial charge >= 0.3 is 0 Å². The summed E-state index contributed by atoms with van der Waals surface area (Å²) >= 11 is 0. The molecule has 1 amide bonds. The van der Waals surface area contributed by atoms with Crippen molar-refractivity contribution in [2.24, 2.45) is 29.4 Å². The number of hydrogen-bond acceptors (Lipinski definition) is 10. The van der Waals surface area contributed by atoms with Crippen LogP contribution in [-0.2, 0) is 32.1 Å². The average molecular weight is 529 g/mol. The van der Waals surface area contributed by atoms with Crippen LogP contribution < -0.4 is 16.0 Å². The molecule has 0 aromatic heterocycles. The molecule has 11 nitrogen and oxygen atoms in total. The summed E-state index contributed by atoms with van der Waals surface area (Å²) < 4.78 is 0. The minimum absolute atomic E-state index is 0.00310. The van der Waals surface area contributed by atoms with Gasteiger partial charge in [-0.15, -0.1) is 0 Å². The number of amides is 1. The van der Waals surface area contributed by atoms with Crippen LogP contribution in [0, 0.1) is 23.7 Å². The summed E-state index contributed by atoms with van der Waals surface area (Å²) in [7, 11) is 6.75. The van der Waals surface area contributed by atoms with Gasteiger partial charge in [-0.3, -0.25) is 28.9 Å². The molecule has 4 rings (SSSR count). The van der Waals surface area contributed by atoms with Crippen LogP contribution in [0.2, 0.25) is 0 Å². The molecule has 3 aliphatic rings.